The van der Waals surface area contributed by atoms with E-state index in [4.69, 9.17) is 32.7 Å². The van der Waals surface area contributed by atoms with Crippen LogP contribution in [0, 0.1) is 0 Å². The Labute approximate surface area is 223 Å². The van der Waals surface area contributed by atoms with Gasteiger partial charge in [-0.05, 0) is 56.7 Å². The van der Waals surface area contributed by atoms with Crippen molar-refractivity contribution in [3.63, 3.8) is 0 Å². The fourth-order valence-corrected chi connectivity index (χ4v) is 3.79. The second-order valence-electron chi connectivity index (χ2n) is 8.42. The number of aromatic nitrogens is 3. The maximum Gasteiger partial charge on any atom is 0.355 e. The van der Waals surface area contributed by atoms with Crippen molar-refractivity contribution in [1.82, 2.24) is 14.1 Å². The number of nitrogens with one attached hydrogen (secondary N) is 1. The van der Waals surface area contributed by atoms with E-state index in [9.17, 15) is 19.5 Å². The summed E-state index contributed by atoms with van der Waals surface area (Å²) in [5.74, 6) is -0.188. The number of anilines is 2. The Bertz CT molecular complexity index is 1350. The van der Waals surface area contributed by atoms with Gasteiger partial charge in [-0.3, -0.25) is 9.36 Å². The fraction of sp³-hybridized carbons (Fsp3) is 0.360. The Balaban J connectivity index is 1.99. The molecule has 0 saturated carbocycles. The number of hydrogen-bond donors (Lipinski definition) is 2. The number of carbonyl (C=O) groups is 1. The van der Waals surface area contributed by atoms with Gasteiger partial charge in [-0.2, -0.15) is 4.98 Å². The molecule has 0 saturated heterocycles. The molecular weight excluding hydrogens is 523 g/mol. The van der Waals surface area contributed by atoms with Gasteiger partial charge in [0.15, 0.2) is 0 Å². The van der Waals surface area contributed by atoms with Gasteiger partial charge in [-0.15, -0.1) is 0 Å². The molecule has 0 bridgehead atoms. The minimum atomic E-state index is -1.32. The molecule has 0 aliphatic heterocycles. The fourth-order valence-electron chi connectivity index (χ4n) is 3.44. The number of benzene rings is 2. The van der Waals surface area contributed by atoms with Gasteiger partial charge in [0, 0.05) is 10.7 Å². The summed E-state index contributed by atoms with van der Waals surface area (Å²) in [6.45, 7) is 5.15. The van der Waals surface area contributed by atoms with Crippen LogP contribution in [0.3, 0.4) is 0 Å². The van der Waals surface area contributed by atoms with Gasteiger partial charge in [-0.25, -0.2) is 14.2 Å². The zero-order valence-corrected chi connectivity index (χ0v) is 22.1. The number of halogens is 2. The standard InChI is InChI=1S/C25H28Cl2N4O6/c1-4-36-22(33)12-19(32)14-31-24(34)29-23(28-18-9-10-21(20(27)11-18)37-15(2)3)30(25(31)35)13-16-5-7-17(26)8-6-16/h5-11,15,19,32H,4,12-14H2,1-3H3,(H,28,29,34)/t19-/m0/s1. The van der Waals surface area contributed by atoms with Crippen molar-refractivity contribution in [1.29, 1.82) is 0 Å². The summed E-state index contributed by atoms with van der Waals surface area (Å²) in [5.41, 5.74) is -0.440. The minimum absolute atomic E-state index is 0.0327. The molecule has 198 valence electrons. The van der Waals surface area contributed by atoms with Gasteiger partial charge in [0.25, 0.3) is 0 Å². The molecule has 12 heteroatoms. The van der Waals surface area contributed by atoms with E-state index in [1.807, 2.05) is 13.8 Å². The Morgan fingerprint density at radius 3 is 2.43 bits per heavy atom. The zero-order valence-electron chi connectivity index (χ0n) is 20.6. The van der Waals surface area contributed by atoms with Crippen molar-refractivity contribution < 1.29 is 19.4 Å². The van der Waals surface area contributed by atoms with E-state index in [-0.39, 0.29) is 31.6 Å². The first kappa shape index (κ1) is 28.2. The molecule has 37 heavy (non-hydrogen) atoms. The van der Waals surface area contributed by atoms with E-state index in [0.717, 1.165) is 4.57 Å². The molecule has 0 aliphatic carbocycles. The average molecular weight is 551 g/mol. The molecule has 1 aromatic heterocycles. The third kappa shape index (κ3) is 7.82. The van der Waals surface area contributed by atoms with Gasteiger partial charge >= 0.3 is 17.3 Å². The maximum absolute atomic E-state index is 13.4. The van der Waals surface area contributed by atoms with Crippen molar-refractivity contribution in [2.45, 2.75) is 52.5 Å². The summed E-state index contributed by atoms with van der Waals surface area (Å²) in [4.78, 5) is 42.0. The third-order valence-electron chi connectivity index (χ3n) is 5.06. The molecule has 2 N–H and O–H groups in total. The van der Waals surface area contributed by atoms with E-state index in [1.165, 1.54) is 4.57 Å². The highest BCUT2D eigenvalue weighted by molar-refractivity contribution is 6.32. The predicted molar refractivity (Wildman–Crippen MR) is 141 cm³/mol. The first-order valence-electron chi connectivity index (χ1n) is 11.6. The summed E-state index contributed by atoms with van der Waals surface area (Å²) >= 11 is 12.3. The highest BCUT2D eigenvalue weighted by Crippen LogP contribution is 2.29. The molecule has 1 atom stereocenters. The highest BCUT2D eigenvalue weighted by Gasteiger charge is 2.19. The molecule has 2 aromatic carbocycles. The van der Waals surface area contributed by atoms with Crippen LogP contribution in [0.4, 0.5) is 11.6 Å². The minimum Gasteiger partial charge on any atom is -0.489 e. The molecular formula is C25H28Cl2N4O6. The Morgan fingerprint density at radius 2 is 1.81 bits per heavy atom. The Morgan fingerprint density at radius 1 is 1.11 bits per heavy atom. The molecule has 0 radical (unpaired) electrons. The number of rotatable bonds is 11. The smallest absolute Gasteiger partial charge is 0.355 e. The molecule has 0 amide bonds. The summed E-state index contributed by atoms with van der Waals surface area (Å²) in [6.07, 6.45) is -1.77. The summed E-state index contributed by atoms with van der Waals surface area (Å²) in [6, 6.07) is 11.8. The molecule has 0 spiro atoms. The van der Waals surface area contributed by atoms with Crippen molar-refractivity contribution in [2.24, 2.45) is 0 Å². The molecule has 0 fully saturated rings. The summed E-state index contributed by atoms with van der Waals surface area (Å²) < 4.78 is 12.5. The number of hydrogen-bond acceptors (Lipinski definition) is 8. The van der Waals surface area contributed by atoms with Gasteiger partial charge in [0.2, 0.25) is 5.95 Å². The molecule has 10 nitrogen and oxygen atoms in total. The van der Waals surface area contributed by atoms with Crippen LogP contribution >= 0.6 is 23.2 Å². The van der Waals surface area contributed by atoms with Crippen LogP contribution in [0.1, 0.15) is 32.8 Å². The first-order chi connectivity index (χ1) is 17.6. The number of carbonyl (C=O) groups excluding carboxylic acids is 1. The van der Waals surface area contributed by atoms with E-state index in [1.54, 1.807) is 49.4 Å². The van der Waals surface area contributed by atoms with Crippen molar-refractivity contribution in [3.8, 4) is 5.75 Å². The number of aliphatic hydroxyl groups excluding tert-OH is 1. The van der Waals surface area contributed by atoms with Crippen LogP contribution in [0.25, 0.3) is 0 Å². The second kappa shape index (κ2) is 12.8. The SMILES string of the molecule is CCOC(=O)C[C@H](O)Cn1c(=O)nc(Nc2ccc(OC(C)C)c(Cl)c2)n(Cc2ccc(Cl)cc2)c1=O. The van der Waals surface area contributed by atoms with Crippen LogP contribution in [-0.4, -0.2) is 44.0 Å². The van der Waals surface area contributed by atoms with E-state index < -0.39 is 30.0 Å². The monoisotopic (exact) mass is 550 g/mol. The zero-order chi connectivity index (χ0) is 27.1. The third-order valence-corrected chi connectivity index (χ3v) is 5.60. The largest absolute Gasteiger partial charge is 0.489 e. The van der Waals surface area contributed by atoms with E-state index in [0.29, 0.717) is 27.0 Å². The van der Waals surface area contributed by atoms with Crippen LogP contribution in [0.15, 0.2) is 52.1 Å². The molecule has 3 rings (SSSR count). The van der Waals surface area contributed by atoms with Crippen molar-refractivity contribution >= 4 is 40.8 Å². The van der Waals surface area contributed by atoms with Crippen LogP contribution in [0.5, 0.6) is 5.75 Å². The van der Waals surface area contributed by atoms with Gasteiger partial charge in [0.1, 0.15) is 5.75 Å². The maximum atomic E-state index is 13.4. The average Bonchev–Trinajstić information content (AvgIpc) is 2.82. The van der Waals surface area contributed by atoms with E-state index >= 15 is 0 Å². The van der Waals surface area contributed by atoms with E-state index in [2.05, 4.69) is 10.3 Å². The van der Waals surface area contributed by atoms with Crippen molar-refractivity contribution in [2.75, 3.05) is 11.9 Å². The summed E-state index contributed by atoms with van der Waals surface area (Å²) in [7, 11) is 0. The lowest BCUT2D eigenvalue weighted by atomic mass is 10.2. The van der Waals surface area contributed by atoms with Crippen LogP contribution < -0.4 is 21.4 Å². The lowest BCUT2D eigenvalue weighted by Crippen LogP contribution is -2.45. The van der Waals surface area contributed by atoms with Crippen molar-refractivity contribution in [3.05, 3.63) is 79.0 Å². The number of ether oxygens (including phenoxy) is 2. The second-order valence-corrected chi connectivity index (χ2v) is 9.27. The predicted octanol–water partition coefficient (Wildman–Crippen LogP) is 3.61. The van der Waals surface area contributed by atoms with Crippen LogP contribution in [0.2, 0.25) is 10.0 Å². The quantitative estimate of drug-likeness (QED) is 0.347. The Hall–Kier alpha value is -3.34. The molecule has 3 aromatic rings. The lowest BCUT2D eigenvalue weighted by Gasteiger charge is -2.18. The molecule has 0 unspecified atom stereocenters. The van der Waals surface area contributed by atoms with Gasteiger partial charge < -0.3 is 19.9 Å². The molecule has 1 heterocycles. The summed E-state index contributed by atoms with van der Waals surface area (Å²) in [5, 5.41) is 14.1. The first-order valence-corrected chi connectivity index (χ1v) is 12.4. The number of aliphatic hydroxyl groups is 1. The number of nitrogens with zero attached hydrogens (tertiary/aromatic N) is 3. The topological polar surface area (TPSA) is 125 Å². The lowest BCUT2D eigenvalue weighted by molar-refractivity contribution is -0.145. The van der Waals surface area contributed by atoms with Gasteiger partial charge in [0.05, 0.1) is 43.3 Å². The molecule has 0 aliphatic rings. The Kier molecular flexibility index (Phi) is 9.73. The highest BCUT2D eigenvalue weighted by atomic mass is 35.5. The normalized spacial score (nSPS) is 11.9. The van der Waals surface area contributed by atoms with Crippen LogP contribution in [-0.2, 0) is 22.6 Å². The number of esters is 1. The van der Waals surface area contributed by atoms with Gasteiger partial charge in [-0.1, -0.05) is 35.3 Å².